The number of fused-ring (bicyclic) bond motifs is 1. The average Bonchev–Trinajstić information content (AvgIpc) is 2.73. The quantitative estimate of drug-likeness (QED) is 0.502. The summed E-state index contributed by atoms with van der Waals surface area (Å²) in [5.41, 5.74) is 6.30. The van der Waals surface area contributed by atoms with Crippen molar-refractivity contribution >= 4 is 22.1 Å². The number of aromatic nitrogens is 2. The minimum atomic E-state index is 0.912. The normalized spacial score (nSPS) is 10.9. The van der Waals surface area contributed by atoms with E-state index in [4.69, 9.17) is 0 Å². The Labute approximate surface area is 166 Å². The van der Waals surface area contributed by atoms with Gasteiger partial charge < -0.3 is 9.80 Å². The summed E-state index contributed by atoms with van der Waals surface area (Å²) >= 11 is 0. The molecule has 140 valence electrons. The lowest BCUT2D eigenvalue weighted by Crippen LogP contribution is -2.08. The minimum Gasteiger partial charge on any atom is -0.378 e. The third-order valence-electron chi connectivity index (χ3n) is 5.00. The lowest BCUT2D eigenvalue weighted by atomic mass is 10.00. The molecule has 0 saturated heterocycles. The van der Waals surface area contributed by atoms with E-state index in [0.29, 0.717) is 0 Å². The van der Waals surface area contributed by atoms with Gasteiger partial charge in [-0.3, -0.25) is 0 Å². The fraction of sp³-hybridized carbons (Fsp3) is 0.167. The van der Waals surface area contributed by atoms with Gasteiger partial charge in [0.05, 0.1) is 0 Å². The summed E-state index contributed by atoms with van der Waals surface area (Å²) < 4.78 is 0. The van der Waals surface area contributed by atoms with Gasteiger partial charge in [-0.25, -0.2) is 0 Å². The van der Waals surface area contributed by atoms with Crippen molar-refractivity contribution in [3.63, 3.8) is 0 Å². The van der Waals surface area contributed by atoms with Crippen LogP contribution in [0.25, 0.3) is 33.3 Å². The summed E-state index contributed by atoms with van der Waals surface area (Å²) in [5.74, 6) is 0. The first kappa shape index (κ1) is 18.0. The minimum absolute atomic E-state index is 0.912. The molecule has 1 aromatic heterocycles. The fourth-order valence-electron chi connectivity index (χ4n) is 3.37. The van der Waals surface area contributed by atoms with Crippen molar-refractivity contribution in [2.45, 2.75) is 0 Å². The number of benzene rings is 3. The molecule has 0 radical (unpaired) electrons. The van der Waals surface area contributed by atoms with Crippen LogP contribution in [-0.2, 0) is 0 Å². The molecule has 0 fully saturated rings. The number of hydrogen-bond donors (Lipinski definition) is 0. The number of anilines is 2. The molecule has 0 saturated carbocycles. The van der Waals surface area contributed by atoms with Gasteiger partial charge in [0.25, 0.3) is 0 Å². The molecule has 0 atom stereocenters. The molecule has 1 heterocycles. The number of nitrogens with zero attached hydrogens (tertiary/aromatic N) is 4. The second kappa shape index (κ2) is 7.31. The Morgan fingerprint density at radius 3 is 1.18 bits per heavy atom. The van der Waals surface area contributed by atoms with Crippen molar-refractivity contribution in [3.05, 3.63) is 72.8 Å². The Hall–Kier alpha value is -3.40. The van der Waals surface area contributed by atoms with Gasteiger partial charge in [0.15, 0.2) is 0 Å². The van der Waals surface area contributed by atoms with Crippen LogP contribution in [0, 0.1) is 0 Å². The predicted molar refractivity (Wildman–Crippen MR) is 119 cm³/mol. The highest BCUT2D eigenvalue weighted by Gasteiger charge is 2.12. The monoisotopic (exact) mass is 368 g/mol. The standard InChI is InChI=1S/C24H24N4/c1-27(2)19-13-9-17(10-14-19)23-21-7-5-6-8-22(21)24(26-25-23)18-11-15-20(16-12-18)28(3)4/h5-16H,1-4H3. The van der Waals surface area contributed by atoms with Gasteiger partial charge in [0, 0.05) is 61.5 Å². The molecule has 0 spiro atoms. The van der Waals surface area contributed by atoms with Crippen LogP contribution in [0.15, 0.2) is 72.8 Å². The van der Waals surface area contributed by atoms with Crippen LogP contribution >= 0.6 is 0 Å². The molecule has 0 aliphatic rings. The molecule has 3 aromatic carbocycles. The summed E-state index contributed by atoms with van der Waals surface area (Å²) in [6.45, 7) is 0. The van der Waals surface area contributed by atoms with E-state index in [1.54, 1.807) is 0 Å². The molecule has 0 N–H and O–H groups in total. The molecular formula is C24H24N4. The summed E-state index contributed by atoms with van der Waals surface area (Å²) in [7, 11) is 8.17. The first-order valence-corrected chi connectivity index (χ1v) is 9.35. The van der Waals surface area contributed by atoms with E-state index >= 15 is 0 Å². The van der Waals surface area contributed by atoms with Gasteiger partial charge in [-0.1, -0.05) is 48.5 Å². The average molecular weight is 368 g/mol. The molecule has 4 nitrogen and oxygen atoms in total. The van der Waals surface area contributed by atoms with E-state index in [1.165, 1.54) is 11.4 Å². The molecule has 4 heteroatoms. The van der Waals surface area contributed by atoms with Crippen LogP contribution in [-0.4, -0.2) is 38.4 Å². The highest BCUT2D eigenvalue weighted by Crippen LogP contribution is 2.33. The van der Waals surface area contributed by atoms with Crippen LogP contribution in [0.4, 0.5) is 11.4 Å². The van der Waals surface area contributed by atoms with E-state index in [9.17, 15) is 0 Å². The molecule has 4 rings (SSSR count). The van der Waals surface area contributed by atoms with Crippen molar-refractivity contribution in [1.82, 2.24) is 10.2 Å². The molecule has 0 aliphatic heterocycles. The van der Waals surface area contributed by atoms with Gasteiger partial charge in [-0.15, -0.1) is 10.2 Å². The van der Waals surface area contributed by atoms with Gasteiger partial charge in [-0.2, -0.15) is 0 Å². The van der Waals surface area contributed by atoms with Crippen molar-refractivity contribution in [1.29, 1.82) is 0 Å². The van der Waals surface area contributed by atoms with Gasteiger partial charge in [0.2, 0.25) is 0 Å². The lowest BCUT2D eigenvalue weighted by molar-refractivity contribution is 1.06. The predicted octanol–water partition coefficient (Wildman–Crippen LogP) is 5.10. The van der Waals surface area contributed by atoms with Crippen LogP contribution < -0.4 is 9.80 Å². The van der Waals surface area contributed by atoms with E-state index in [0.717, 1.165) is 33.3 Å². The number of hydrogen-bond acceptors (Lipinski definition) is 4. The van der Waals surface area contributed by atoms with Crippen LogP contribution in [0.2, 0.25) is 0 Å². The van der Waals surface area contributed by atoms with E-state index in [-0.39, 0.29) is 0 Å². The molecule has 0 unspecified atom stereocenters. The summed E-state index contributed by atoms with van der Waals surface area (Å²) in [4.78, 5) is 4.18. The fourth-order valence-corrected chi connectivity index (χ4v) is 3.37. The van der Waals surface area contributed by atoms with Crippen molar-refractivity contribution in [3.8, 4) is 22.5 Å². The summed E-state index contributed by atoms with van der Waals surface area (Å²) in [6, 6.07) is 25.2. The third kappa shape index (κ3) is 3.29. The van der Waals surface area contributed by atoms with Crippen molar-refractivity contribution in [2.24, 2.45) is 0 Å². The molecule has 4 aromatic rings. The molecule has 0 amide bonds. The second-order valence-electron chi connectivity index (χ2n) is 7.33. The zero-order valence-corrected chi connectivity index (χ0v) is 16.7. The Kier molecular flexibility index (Phi) is 4.70. The Morgan fingerprint density at radius 1 is 0.500 bits per heavy atom. The Balaban J connectivity index is 1.83. The summed E-state index contributed by atoms with van der Waals surface area (Å²) in [5, 5.41) is 11.4. The Morgan fingerprint density at radius 2 is 0.857 bits per heavy atom. The molecule has 0 bridgehead atoms. The highest BCUT2D eigenvalue weighted by atomic mass is 15.1. The summed E-state index contributed by atoms with van der Waals surface area (Å²) in [6.07, 6.45) is 0. The van der Waals surface area contributed by atoms with E-state index < -0.39 is 0 Å². The SMILES string of the molecule is CN(C)c1ccc(-c2nnc(-c3ccc(N(C)C)cc3)c3ccccc23)cc1. The highest BCUT2D eigenvalue weighted by molar-refractivity contribution is 6.01. The van der Waals surface area contributed by atoms with Gasteiger partial charge in [0.1, 0.15) is 11.4 Å². The lowest BCUT2D eigenvalue weighted by Gasteiger charge is -2.14. The smallest absolute Gasteiger partial charge is 0.101 e. The van der Waals surface area contributed by atoms with E-state index in [2.05, 4.69) is 92.8 Å². The largest absolute Gasteiger partial charge is 0.378 e. The molecular weight excluding hydrogens is 344 g/mol. The van der Waals surface area contributed by atoms with Crippen LogP contribution in [0.3, 0.4) is 0 Å². The maximum absolute atomic E-state index is 4.61. The zero-order valence-electron chi connectivity index (χ0n) is 16.7. The van der Waals surface area contributed by atoms with Gasteiger partial charge in [-0.05, 0) is 24.3 Å². The number of rotatable bonds is 4. The third-order valence-corrected chi connectivity index (χ3v) is 5.00. The second-order valence-corrected chi connectivity index (χ2v) is 7.33. The maximum Gasteiger partial charge on any atom is 0.101 e. The molecule has 28 heavy (non-hydrogen) atoms. The first-order chi connectivity index (χ1) is 13.5. The maximum atomic E-state index is 4.61. The van der Waals surface area contributed by atoms with E-state index in [1.807, 2.05) is 28.2 Å². The zero-order chi connectivity index (χ0) is 19.7. The topological polar surface area (TPSA) is 32.3 Å². The molecule has 0 aliphatic carbocycles. The van der Waals surface area contributed by atoms with Crippen LogP contribution in [0.5, 0.6) is 0 Å². The Bertz CT molecular complexity index is 1010. The first-order valence-electron chi connectivity index (χ1n) is 9.35. The van der Waals surface area contributed by atoms with Crippen molar-refractivity contribution in [2.75, 3.05) is 38.0 Å². The van der Waals surface area contributed by atoms with Gasteiger partial charge >= 0.3 is 0 Å². The van der Waals surface area contributed by atoms with Crippen LogP contribution in [0.1, 0.15) is 0 Å². The van der Waals surface area contributed by atoms with Crippen molar-refractivity contribution < 1.29 is 0 Å².